The van der Waals surface area contributed by atoms with Gasteiger partial charge in [-0.25, -0.2) is 13.2 Å². The maximum atomic E-state index is 13.0. The molecule has 2 aliphatic rings. The van der Waals surface area contributed by atoms with Crippen LogP contribution in [0.3, 0.4) is 0 Å². The zero-order valence-corrected chi connectivity index (χ0v) is 20.1. The van der Waals surface area contributed by atoms with Crippen molar-refractivity contribution in [2.75, 3.05) is 19.6 Å². The molecule has 0 saturated carbocycles. The summed E-state index contributed by atoms with van der Waals surface area (Å²) < 4.78 is 44.6. The fourth-order valence-corrected chi connectivity index (χ4v) is 4.81. The first-order valence-corrected chi connectivity index (χ1v) is 11.8. The van der Waals surface area contributed by atoms with Crippen LogP contribution in [0.5, 0.6) is 0 Å². The summed E-state index contributed by atoms with van der Waals surface area (Å²) in [5, 5.41) is 2.69. The van der Waals surface area contributed by atoms with E-state index in [4.69, 9.17) is 14.0 Å². The molecule has 31 heavy (non-hydrogen) atoms. The van der Waals surface area contributed by atoms with Crippen molar-refractivity contribution in [3.05, 3.63) is 18.5 Å². The molecule has 0 radical (unpaired) electrons. The number of hydrogen-bond acceptors (Lipinski definition) is 7. The first-order valence-electron chi connectivity index (χ1n) is 10.4. The molecule has 0 unspecified atom stereocenters. The van der Waals surface area contributed by atoms with Crippen molar-refractivity contribution < 1.29 is 27.3 Å². The predicted molar refractivity (Wildman–Crippen MR) is 116 cm³/mol. The maximum Gasteiger partial charge on any atom is 0.496 e. The van der Waals surface area contributed by atoms with Gasteiger partial charge < -0.3 is 19.4 Å². The minimum atomic E-state index is -3.70. The lowest BCUT2D eigenvalue weighted by Gasteiger charge is -2.38. The molecule has 0 aliphatic carbocycles. The molecule has 9 nitrogen and oxygen atoms in total. The van der Waals surface area contributed by atoms with E-state index in [9.17, 15) is 13.2 Å². The van der Waals surface area contributed by atoms with Crippen LogP contribution < -0.4 is 10.8 Å². The van der Waals surface area contributed by atoms with Gasteiger partial charge in [-0.15, -0.1) is 0 Å². The van der Waals surface area contributed by atoms with E-state index in [-0.39, 0.29) is 10.8 Å². The minimum absolute atomic E-state index is 0.0292. The fourth-order valence-electron chi connectivity index (χ4n) is 3.22. The van der Waals surface area contributed by atoms with Gasteiger partial charge in [-0.3, -0.25) is 4.98 Å². The van der Waals surface area contributed by atoms with Gasteiger partial charge in [0.25, 0.3) is 0 Å². The number of aromatic nitrogens is 1. The lowest BCUT2D eigenvalue weighted by Crippen LogP contribution is -2.54. The third-order valence-electron chi connectivity index (χ3n) is 5.76. The van der Waals surface area contributed by atoms with Gasteiger partial charge in [-0.2, -0.15) is 4.31 Å². The van der Waals surface area contributed by atoms with Crippen molar-refractivity contribution in [2.24, 2.45) is 5.92 Å². The third-order valence-corrected chi connectivity index (χ3v) is 7.55. The molecule has 2 saturated heterocycles. The molecule has 1 N–H and O–H groups in total. The number of rotatable bonds is 5. The Bertz CT molecular complexity index is 922. The molecule has 1 aromatic heterocycles. The summed E-state index contributed by atoms with van der Waals surface area (Å²) in [6, 6.07) is 1.55. The molecule has 0 bridgehead atoms. The number of carbonyl (C=O) groups is 1. The van der Waals surface area contributed by atoms with Crippen molar-refractivity contribution in [1.29, 1.82) is 0 Å². The number of alkyl carbamates (subject to hydrolysis) is 1. The second-order valence-electron chi connectivity index (χ2n) is 10.1. The van der Waals surface area contributed by atoms with Crippen molar-refractivity contribution >= 4 is 28.7 Å². The zero-order chi connectivity index (χ0) is 23.2. The molecule has 11 heteroatoms. The second kappa shape index (κ2) is 8.02. The molecular formula is C20H32BN3O6S. The lowest BCUT2D eigenvalue weighted by atomic mass is 9.80. The summed E-state index contributed by atoms with van der Waals surface area (Å²) in [6.45, 7) is 14.1. The second-order valence-corrected chi connectivity index (χ2v) is 12.1. The molecule has 0 spiro atoms. The number of sulfonamides is 1. The first-order chi connectivity index (χ1) is 14.1. The van der Waals surface area contributed by atoms with Crippen LogP contribution in [0.15, 0.2) is 23.4 Å². The van der Waals surface area contributed by atoms with Crippen LogP contribution in [-0.2, 0) is 24.1 Å². The Hall–Kier alpha value is -1.69. The van der Waals surface area contributed by atoms with Gasteiger partial charge in [0.15, 0.2) is 0 Å². The number of nitrogens with one attached hydrogen (secondary N) is 1. The fraction of sp³-hybridized carbons (Fsp3) is 0.700. The van der Waals surface area contributed by atoms with Gasteiger partial charge in [0.2, 0.25) is 10.0 Å². The highest BCUT2D eigenvalue weighted by molar-refractivity contribution is 7.89. The van der Waals surface area contributed by atoms with Crippen LogP contribution >= 0.6 is 0 Å². The SMILES string of the molecule is CC(C)(C)OC(=O)NCC1CN(S(=O)(=O)c2cncc(B3OC(C)(C)C(C)(C)O3)c2)C1. The summed E-state index contributed by atoms with van der Waals surface area (Å²) >= 11 is 0. The zero-order valence-electron chi connectivity index (χ0n) is 19.3. The number of amides is 1. The Labute approximate surface area is 185 Å². The Kier molecular flexibility index (Phi) is 6.20. The number of pyridine rings is 1. The van der Waals surface area contributed by atoms with Gasteiger partial charge in [-0.05, 0) is 54.5 Å². The van der Waals surface area contributed by atoms with E-state index in [2.05, 4.69) is 10.3 Å². The topological polar surface area (TPSA) is 107 Å². The summed E-state index contributed by atoms with van der Waals surface area (Å²) in [5.74, 6) is 0.0292. The van der Waals surface area contributed by atoms with Crippen LogP contribution in [0.1, 0.15) is 48.5 Å². The lowest BCUT2D eigenvalue weighted by molar-refractivity contribution is 0.00578. The smallest absolute Gasteiger partial charge is 0.444 e. The summed E-state index contributed by atoms with van der Waals surface area (Å²) in [6.07, 6.45) is 2.38. The molecular weight excluding hydrogens is 421 g/mol. The Morgan fingerprint density at radius 3 is 2.35 bits per heavy atom. The van der Waals surface area contributed by atoms with Crippen molar-refractivity contribution in [2.45, 2.75) is 70.2 Å². The quantitative estimate of drug-likeness (QED) is 0.674. The Balaban J connectivity index is 1.60. The summed E-state index contributed by atoms with van der Waals surface area (Å²) in [5.41, 5.74) is -1.08. The predicted octanol–water partition coefficient (Wildman–Crippen LogP) is 1.53. The van der Waals surface area contributed by atoms with Crippen molar-refractivity contribution in [1.82, 2.24) is 14.6 Å². The van der Waals surface area contributed by atoms with Crippen LogP contribution in [-0.4, -0.2) is 67.4 Å². The van der Waals surface area contributed by atoms with Crippen molar-refractivity contribution in [3.63, 3.8) is 0 Å². The minimum Gasteiger partial charge on any atom is -0.444 e. The molecule has 0 atom stereocenters. The van der Waals surface area contributed by atoms with E-state index < -0.39 is 40.0 Å². The van der Waals surface area contributed by atoms with Crippen LogP contribution in [0.2, 0.25) is 0 Å². The van der Waals surface area contributed by atoms with E-state index >= 15 is 0 Å². The van der Waals surface area contributed by atoms with Crippen LogP contribution in [0, 0.1) is 5.92 Å². The molecule has 1 aromatic rings. The van der Waals surface area contributed by atoms with Gasteiger partial charge in [0, 0.05) is 43.4 Å². The molecule has 3 heterocycles. The molecule has 2 fully saturated rings. The highest BCUT2D eigenvalue weighted by Gasteiger charge is 2.52. The highest BCUT2D eigenvalue weighted by atomic mass is 32.2. The molecule has 3 rings (SSSR count). The van der Waals surface area contributed by atoms with Gasteiger partial charge >= 0.3 is 13.2 Å². The van der Waals surface area contributed by atoms with Gasteiger partial charge in [0.05, 0.1) is 11.2 Å². The standard InChI is InChI=1S/C20H32BN3O6S/c1-18(2,3)28-17(25)23-9-14-12-24(13-14)31(26,27)16-8-15(10-22-11-16)21-29-19(4,5)20(6,7)30-21/h8,10-11,14H,9,12-13H2,1-7H3,(H,23,25). The molecule has 172 valence electrons. The van der Waals surface area contributed by atoms with E-state index in [0.717, 1.165) is 0 Å². The van der Waals surface area contributed by atoms with E-state index in [1.165, 1.54) is 10.5 Å². The molecule has 0 aromatic carbocycles. The number of hydrogen-bond donors (Lipinski definition) is 1. The number of nitrogens with zero attached hydrogens (tertiary/aromatic N) is 2. The van der Waals surface area contributed by atoms with Crippen LogP contribution in [0.4, 0.5) is 4.79 Å². The maximum absolute atomic E-state index is 13.0. The average molecular weight is 453 g/mol. The van der Waals surface area contributed by atoms with Gasteiger partial charge in [0.1, 0.15) is 10.5 Å². The molecule has 1 amide bonds. The Morgan fingerprint density at radius 1 is 1.23 bits per heavy atom. The first kappa shape index (κ1) is 24.0. The van der Waals surface area contributed by atoms with Crippen molar-refractivity contribution in [3.8, 4) is 0 Å². The average Bonchev–Trinajstić information content (AvgIpc) is 2.79. The van der Waals surface area contributed by atoms with E-state index in [0.29, 0.717) is 25.1 Å². The van der Waals surface area contributed by atoms with E-state index in [1.54, 1.807) is 33.0 Å². The van der Waals surface area contributed by atoms with Crippen LogP contribution in [0.25, 0.3) is 0 Å². The Morgan fingerprint density at radius 2 is 1.81 bits per heavy atom. The summed E-state index contributed by atoms with van der Waals surface area (Å²) in [4.78, 5) is 16.0. The van der Waals surface area contributed by atoms with Gasteiger partial charge in [-0.1, -0.05) is 0 Å². The largest absolute Gasteiger partial charge is 0.496 e. The summed E-state index contributed by atoms with van der Waals surface area (Å²) in [7, 11) is -4.38. The number of carbonyl (C=O) groups excluding carboxylic acids is 1. The monoisotopic (exact) mass is 453 g/mol. The molecule has 2 aliphatic heterocycles. The van der Waals surface area contributed by atoms with E-state index in [1.807, 2.05) is 27.7 Å². The third kappa shape index (κ3) is 5.22. The normalized spacial score (nSPS) is 21.6. The number of ether oxygens (including phenoxy) is 1. The highest BCUT2D eigenvalue weighted by Crippen LogP contribution is 2.36.